The normalized spacial score (nSPS) is 17.6. The quantitative estimate of drug-likeness (QED) is 0.825. The maximum atomic E-state index is 12.1. The molecule has 0 aromatic carbocycles. The highest BCUT2D eigenvalue weighted by Crippen LogP contribution is 2.34. The van der Waals surface area contributed by atoms with Crippen LogP contribution in [0.5, 0.6) is 0 Å². The van der Waals surface area contributed by atoms with Gasteiger partial charge < -0.3 is 11.1 Å². The maximum absolute atomic E-state index is 12.1. The molecule has 0 unspecified atom stereocenters. The van der Waals surface area contributed by atoms with E-state index in [0.29, 0.717) is 5.00 Å². The van der Waals surface area contributed by atoms with Gasteiger partial charge >= 0.3 is 0 Å². The minimum Gasteiger partial charge on any atom is -0.390 e. The second-order valence-electron chi connectivity index (χ2n) is 5.65. The number of nitrogens with one attached hydrogen (secondary N) is 1. The van der Waals surface area contributed by atoms with Crippen molar-refractivity contribution in [2.45, 2.75) is 64.2 Å². The van der Waals surface area contributed by atoms with Crippen molar-refractivity contribution in [3.8, 4) is 0 Å². The zero-order chi connectivity index (χ0) is 14.4. The summed E-state index contributed by atoms with van der Waals surface area (Å²) in [4.78, 5) is 13.4. The number of hydrogen-bond donors (Lipinski definition) is 2. The van der Waals surface area contributed by atoms with E-state index in [1.54, 1.807) is 18.4 Å². The molecule has 0 aliphatic heterocycles. The van der Waals surface area contributed by atoms with Crippen molar-refractivity contribution in [2.75, 3.05) is 12.8 Å². The Bertz CT molecular complexity index is 454. The van der Waals surface area contributed by atoms with E-state index in [-0.39, 0.29) is 5.91 Å². The van der Waals surface area contributed by atoms with E-state index in [2.05, 4.69) is 5.32 Å². The number of hydrogen-bond acceptors (Lipinski definition) is 3. The molecular weight excluding hydrogens is 268 g/mol. The van der Waals surface area contributed by atoms with Gasteiger partial charge in [-0.15, -0.1) is 11.3 Å². The van der Waals surface area contributed by atoms with E-state index in [1.165, 1.54) is 61.8 Å². The first-order chi connectivity index (χ1) is 9.74. The number of thiophene rings is 1. The zero-order valence-corrected chi connectivity index (χ0v) is 13.3. The Kier molecular flexibility index (Phi) is 5.89. The molecule has 0 atom stereocenters. The van der Waals surface area contributed by atoms with Crippen LogP contribution < -0.4 is 11.1 Å². The van der Waals surface area contributed by atoms with Crippen molar-refractivity contribution >= 4 is 22.2 Å². The van der Waals surface area contributed by atoms with Gasteiger partial charge in [0.05, 0.1) is 10.6 Å². The van der Waals surface area contributed by atoms with E-state index in [1.807, 2.05) is 0 Å². The van der Waals surface area contributed by atoms with Gasteiger partial charge in [0.2, 0.25) is 0 Å². The molecule has 0 saturated heterocycles. The molecule has 3 nitrogen and oxygen atoms in total. The Balaban J connectivity index is 2.22. The van der Waals surface area contributed by atoms with Gasteiger partial charge in [-0.1, -0.05) is 38.5 Å². The van der Waals surface area contributed by atoms with Gasteiger partial charge in [-0.25, -0.2) is 0 Å². The Morgan fingerprint density at radius 3 is 2.15 bits per heavy atom. The second kappa shape index (κ2) is 7.67. The largest absolute Gasteiger partial charge is 0.390 e. The molecule has 0 fully saturated rings. The third-order valence-electron chi connectivity index (χ3n) is 4.15. The Morgan fingerprint density at radius 1 is 1.00 bits per heavy atom. The highest BCUT2D eigenvalue weighted by molar-refractivity contribution is 7.16. The molecule has 1 aromatic rings. The monoisotopic (exact) mass is 294 g/mol. The lowest BCUT2D eigenvalue weighted by Crippen LogP contribution is -2.20. The van der Waals surface area contributed by atoms with E-state index < -0.39 is 0 Å². The number of nitrogens with two attached hydrogens (primary N) is 1. The van der Waals surface area contributed by atoms with Gasteiger partial charge in [-0.05, 0) is 31.2 Å². The summed E-state index contributed by atoms with van der Waals surface area (Å²) in [6.07, 6.45) is 12.5. The summed E-state index contributed by atoms with van der Waals surface area (Å²) in [5.41, 5.74) is 8.08. The van der Waals surface area contributed by atoms with Crippen LogP contribution in [0.1, 0.15) is 72.2 Å². The fourth-order valence-electron chi connectivity index (χ4n) is 3.02. The van der Waals surface area contributed by atoms with Gasteiger partial charge in [0.1, 0.15) is 0 Å². The first-order valence-electron chi connectivity index (χ1n) is 7.86. The summed E-state index contributed by atoms with van der Waals surface area (Å²) in [5, 5.41) is 3.43. The number of amides is 1. The zero-order valence-electron chi connectivity index (χ0n) is 12.5. The molecule has 1 amide bonds. The van der Waals surface area contributed by atoms with Crippen LogP contribution in [-0.2, 0) is 12.8 Å². The highest BCUT2D eigenvalue weighted by Gasteiger charge is 2.21. The molecule has 3 N–H and O–H groups in total. The number of rotatable bonds is 1. The van der Waals surface area contributed by atoms with E-state index in [0.717, 1.165) is 18.4 Å². The minimum atomic E-state index is -0.0212. The lowest BCUT2D eigenvalue weighted by Gasteiger charge is -2.09. The topological polar surface area (TPSA) is 55.1 Å². The van der Waals surface area contributed by atoms with Crippen molar-refractivity contribution in [3.63, 3.8) is 0 Å². The van der Waals surface area contributed by atoms with Crippen LogP contribution in [0.2, 0.25) is 0 Å². The summed E-state index contributed by atoms with van der Waals surface area (Å²) in [5.74, 6) is -0.0212. The molecule has 1 heterocycles. The molecule has 0 spiro atoms. The maximum Gasteiger partial charge on any atom is 0.254 e. The molecule has 1 aliphatic carbocycles. The molecule has 20 heavy (non-hydrogen) atoms. The number of aryl methyl sites for hydroxylation is 1. The molecule has 2 rings (SSSR count). The third kappa shape index (κ3) is 3.75. The highest BCUT2D eigenvalue weighted by atomic mass is 32.1. The second-order valence-corrected chi connectivity index (χ2v) is 6.79. The Hall–Kier alpha value is -1.03. The van der Waals surface area contributed by atoms with Gasteiger partial charge in [0.15, 0.2) is 0 Å². The number of nitrogen functional groups attached to an aromatic ring is 1. The smallest absolute Gasteiger partial charge is 0.254 e. The summed E-state index contributed by atoms with van der Waals surface area (Å²) >= 11 is 1.63. The van der Waals surface area contributed by atoms with Crippen molar-refractivity contribution in [1.29, 1.82) is 0 Å². The predicted octanol–water partition coefficient (Wildman–Crippen LogP) is 3.91. The van der Waals surface area contributed by atoms with Crippen molar-refractivity contribution in [2.24, 2.45) is 0 Å². The molecule has 0 saturated carbocycles. The molecule has 1 aromatic heterocycles. The average Bonchev–Trinajstić information content (AvgIpc) is 2.74. The van der Waals surface area contributed by atoms with E-state index in [9.17, 15) is 4.79 Å². The van der Waals surface area contributed by atoms with Crippen molar-refractivity contribution < 1.29 is 4.79 Å². The Labute approximate surface area is 125 Å². The molecule has 4 heteroatoms. The van der Waals surface area contributed by atoms with Crippen LogP contribution >= 0.6 is 11.3 Å². The fraction of sp³-hybridized carbons (Fsp3) is 0.688. The molecule has 112 valence electrons. The SMILES string of the molecule is CNC(=O)c1c(N)sc2c1CCCCCCCCCC2. The van der Waals surface area contributed by atoms with Crippen LogP contribution in [0.25, 0.3) is 0 Å². The van der Waals surface area contributed by atoms with Crippen LogP contribution in [0.3, 0.4) is 0 Å². The summed E-state index contributed by atoms with van der Waals surface area (Å²) < 4.78 is 0. The van der Waals surface area contributed by atoms with Gasteiger partial charge in [-0.3, -0.25) is 4.79 Å². The lowest BCUT2D eigenvalue weighted by molar-refractivity contribution is 0.0963. The Morgan fingerprint density at radius 2 is 1.55 bits per heavy atom. The predicted molar refractivity (Wildman–Crippen MR) is 86.5 cm³/mol. The van der Waals surface area contributed by atoms with Gasteiger partial charge in [0, 0.05) is 11.9 Å². The van der Waals surface area contributed by atoms with Crippen LogP contribution in [0.15, 0.2) is 0 Å². The van der Waals surface area contributed by atoms with Gasteiger partial charge in [-0.2, -0.15) is 0 Å². The summed E-state index contributed by atoms with van der Waals surface area (Å²) in [6.45, 7) is 0. The van der Waals surface area contributed by atoms with Gasteiger partial charge in [0.25, 0.3) is 5.91 Å². The lowest BCUT2D eigenvalue weighted by atomic mass is 9.97. The number of carbonyl (C=O) groups is 1. The first-order valence-corrected chi connectivity index (χ1v) is 8.67. The molecule has 0 bridgehead atoms. The molecular formula is C16H26N2OS. The van der Waals surface area contributed by atoms with Crippen LogP contribution in [-0.4, -0.2) is 13.0 Å². The van der Waals surface area contributed by atoms with E-state index >= 15 is 0 Å². The number of carbonyl (C=O) groups excluding carboxylic acids is 1. The fourth-order valence-corrected chi connectivity index (χ4v) is 4.18. The van der Waals surface area contributed by atoms with Crippen LogP contribution in [0, 0.1) is 0 Å². The standard InChI is InChI=1S/C16H26N2OS/c1-18-16(19)14-12-10-8-6-4-2-3-5-7-9-11-13(12)20-15(14)17/h2-11,17H2,1H3,(H,18,19). The minimum absolute atomic E-state index is 0.0212. The van der Waals surface area contributed by atoms with Crippen molar-refractivity contribution in [1.82, 2.24) is 5.32 Å². The number of fused-ring (bicyclic) bond motifs is 1. The molecule has 1 aliphatic rings. The van der Waals surface area contributed by atoms with E-state index in [4.69, 9.17) is 5.73 Å². The summed E-state index contributed by atoms with van der Waals surface area (Å²) in [7, 11) is 1.68. The summed E-state index contributed by atoms with van der Waals surface area (Å²) in [6, 6.07) is 0. The van der Waals surface area contributed by atoms with Crippen LogP contribution in [0.4, 0.5) is 5.00 Å². The number of anilines is 1. The average molecular weight is 294 g/mol. The first kappa shape index (κ1) is 15.4. The van der Waals surface area contributed by atoms with Crippen molar-refractivity contribution in [3.05, 3.63) is 16.0 Å². The molecule has 0 radical (unpaired) electrons. The third-order valence-corrected chi connectivity index (χ3v) is 5.27.